The highest BCUT2D eigenvalue weighted by atomic mass is 35.5. The number of benzene rings is 4. The first kappa shape index (κ1) is 47.8. The van der Waals surface area contributed by atoms with Crippen molar-refractivity contribution in [1.82, 2.24) is 10.6 Å². The molecule has 3 N–H and O–H groups in total. The van der Waals surface area contributed by atoms with E-state index in [9.17, 15) is 45.5 Å². The number of alkyl halides is 1. The second kappa shape index (κ2) is 25.7. The van der Waals surface area contributed by atoms with E-state index in [1.54, 1.807) is 0 Å². The fourth-order valence-electron chi connectivity index (χ4n) is 5.01. The van der Waals surface area contributed by atoms with Crippen LogP contribution in [0.3, 0.4) is 0 Å². The molecule has 0 saturated heterocycles. The summed E-state index contributed by atoms with van der Waals surface area (Å²) in [5, 5.41) is 13.6. The van der Waals surface area contributed by atoms with Crippen LogP contribution in [-0.4, -0.2) is 53.1 Å². The summed E-state index contributed by atoms with van der Waals surface area (Å²) in [6.07, 6.45) is 6.19. The molecule has 308 valence electrons. The van der Waals surface area contributed by atoms with Crippen LogP contribution in [-0.2, 0) is 9.59 Å². The second-order valence-electron chi connectivity index (χ2n) is 12.5. The molecule has 0 aliphatic rings. The van der Waals surface area contributed by atoms with Gasteiger partial charge in [-0.05, 0) is 73.5 Å². The van der Waals surface area contributed by atoms with Crippen LogP contribution >= 0.6 is 11.6 Å². The Morgan fingerprint density at radius 1 is 0.614 bits per heavy atom. The third-order valence-electron chi connectivity index (χ3n) is 8.10. The first-order chi connectivity index (χ1) is 27.2. The summed E-state index contributed by atoms with van der Waals surface area (Å²) in [5.41, 5.74) is 0.280. The first-order valence-electron chi connectivity index (χ1n) is 18.2. The Labute approximate surface area is 332 Å². The van der Waals surface area contributed by atoms with Gasteiger partial charge in [0.1, 0.15) is 18.2 Å². The van der Waals surface area contributed by atoms with Gasteiger partial charge in [-0.1, -0.05) is 76.6 Å². The van der Waals surface area contributed by atoms with Gasteiger partial charge < -0.3 is 20.5 Å². The number of nitrogens with one attached hydrogen (secondary N) is 2. The van der Waals surface area contributed by atoms with Gasteiger partial charge in [-0.25, -0.2) is 26.3 Å². The lowest BCUT2D eigenvalue weighted by Crippen LogP contribution is -2.43. The molecule has 0 saturated carbocycles. The zero-order valence-electron chi connectivity index (χ0n) is 31.4. The first-order valence-corrected chi connectivity index (χ1v) is 18.7. The van der Waals surface area contributed by atoms with Gasteiger partial charge in [0.15, 0.2) is 46.3 Å². The van der Waals surface area contributed by atoms with Crippen molar-refractivity contribution >= 4 is 35.0 Å². The summed E-state index contributed by atoms with van der Waals surface area (Å²) in [5.74, 6) is -8.25. The lowest BCUT2D eigenvalue weighted by Gasteiger charge is -2.18. The van der Waals surface area contributed by atoms with Crippen molar-refractivity contribution in [2.45, 2.75) is 77.3 Å². The quantitative estimate of drug-likeness (QED) is 0.0523. The number of aromatic hydroxyl groups is 1. The van der Waals surface area contributed by atoms with E-state index in [4.69, 9.17) is 21.4 Å². The molecule has 4 aromatic rings. The molecule has 0 aromatic heterocycles. The van der Waals surface area contributed by atoms with Crippen molar-refractivity contribution in [3.63, 3.8) is 0 Å². The number of hydrogen-bond donors (Lipinski definition) is 3. The molecule has 2 atom stereocenters. The summed E-state index contributed by atoms with van der Waals surface area (Å²) >= 11 is 5.55. The number of rotatable bonds is 18. The second-order valence-corrected chi connectivity index (χ2v) is 12.8. The minimum absolute atomic E-state index is 0.0781. The number of ketones is 2. The van der Waals surface area contributed by atoms with Crippen LogP contribution in [0.5, 0.6) is 11.5 Å². The van der Waals surface area contributed by atoms with Gasteiger partial charge in [-0.2, -0.15) is 0 Å². The van der Waals surface area contributed by atoms with Crippen LogP contribution in [0.25, 0.3) is 0 Å². The van der Waals surface area contributed by atoms with Crippen molar-refractivity contribution in [3.8, 4) is 11.5 Å². The van der Waals surface area contributed by atoms with Gasteiger partial charge in [0.05, 0.1) is 18.0 Å². The number of halogens is 7. The summed E-state index contributed by atoms with van der Waals surface area (Å²) in [6.45, 7) is 3.45. The Kier molecular flexibility index (Phi) is 21.6. The predicted molar refractivity (Wildman–Crippen MR) is 204 cm³/mol. The Morgan fingerprint density at radius 3 is 1.40 bits per heavy atom. The molecule has 4 rings (SSSR count). The molecule has 0 aliphatic carbocycles. The van der Waals surface area contributed by atoms with E-state index < -0.39 is 82.7 Å². The number of carbonyl (C=O) groups is 4. The number of carbonyl (C=O) groups excluding carboxylic acids is 4. The van der Waals surface area contributed by atoms with E-state index in [-0.39, 0.29) is 22.8 Å². The van der Waals surface area contributed by atoms with Gasteiger partial charge >= 0.3 is 0 Å². The molecule has 0 radical (unpaired) electrons. The minimum Gasteiger partial charge on any atom is -0.503 e. The van der Waals surface area contributed by atoms with Gasteiger partial charge in [0.25, 0.3) is 11.8 Å². The van der Waals surface area contributed by atoms with Gasteiger partial charge in [-0.3, -0.25) is 19.2 Å². The van der Waals surface area contributed by atoms with Crippen LogP contribution in [0.1, 0.15) is 85.9 Å². The number of ether oxygens (including phenoxy) is 1. The van der Waals surface area contributed by atoms with E-state index in [1.165, 1.54) is 48.5 Å². The van der Waals surface area contributed by atoms with E-state index in [0.29, 0.717) is 19.3 Å². The number of para-hydroxylation sites is 2. The highest BCUT2D eigenvalue weighted by molar-refractivity contribution is 6.28. The monoisotopic (exact) mass is 822 g/mol. The maximum absolute atomic E-state index is 13.6. The maximum atomic E-state index is 13.6. The van der Waals surface area contributed by atoms with Crippen molar-refractivity contribution in [2.75, 3.05) is 12.5 Å². The molecule has 0 heterocycles. The normalized spacial score (nSPS) is 11.5. The predicted octanol–water partition coefficient (Wildman–Crippen LogP) is 9.41. The number of unbranched alkanes of at least 4 members (excludes halogenated alkanes) is 4. The lowest BCUT2D eigenvalue weighted by atomic mass is 10.0. The third kappa shape index (κ3) is 17.1. The Morgan fingerprint density at radius 2 is 1.02 bits per heavy atom. The molecular formula is C42H45ClF6N2O6. The fraction of sp³-hybridized carbons (Fsp3) is 0.333. The average molecular weight is 823 g/mol. The largest absolute Gasteiger partial charge is 0.503 e. The Bertz CT molecular complexity index is 1880. The summed E-state index contributed by atoms with van der Waals surface area (Å²) in [7, 11) is 0. The van der Waals surface area contributed by atoms with E-state index >= 15 is 0 Å². The van der Waals surface area contributed by atoms with E-state index in [0.717, 1.165) is 68.5 Å². The summed E-state index contributed by atoms with van der Waals surface area (Å²) < 4.78 is 82.9. The highest BCUT2D eigenvalue weighted by Gasteiger charge is 2.23. The van der Waals surface area contributed by atoms with Crippen LogP contribution < -0.4 is 15.4 Å². The van der Waals surface area contributed by atoms with Crippen LogP contribution in [0.2, 0.25) is 0 Å². The fourth-order valence-corrected chi connectivity index (χ4v) is 5.20. The van der Waals surface area contributed by atoms with Gasteiger partial charge in [0.2, 0.25) is 0 Å². The molecule has 15 heteroatoms. The molecular weight excluding hydrogens is 778 g/mol. The van der Waals surface area contributed by atoms with Crippen molar-refractivity contribution in [3.05, 3.63) is 131 Å². The number of phenolic OH excluding ortho intramolecular Hbond substituents is 1. The number of phenols is 1. The summed E-state index contributed by atoms with van der Waals surface area (Å²) in [6, 6.07) is 15.3. The van der Waals surface area contributed by atoms with E-state index in [2.05, 4.69) is 17.6 Å². The molecule has 2 amide bonds. The molecule has 8 nitrogen and oxygen atoms in total. The highest BCUT2D eigenvalue weighted by Crippen LogP contribution is 2.21. The lowest BCUT2D eigenvalue weighted by molar-refractivity contribution is -0.123. The zero-order valence-corrected chi connectivity index (χ0v) is 32.2. The smallest absolute Gasteiger partial charge is 0.251 e. The third-order valence-corrected chi connectivity index (χ3v) is 8.36. The molecule has 0 fully saturated rings. The van der Waals surface area contributed by atoms with Crippen molar-refractivity contribution < 1.29 is 55.4 Å². The minimum atomic E-state index is -0.935. The van der Waals surface area contributed by atoms with Crippen LogP contribution in [0.15, 0.2) is 84.9 Å². The van der Waals surface area contributed by atoms with Crippen LogP contribution in [0, 0.1) is 34.9 Å². The topological polar surface area (TPSA) is 122 Å². The standard InChI is InChI=1S/C21H22F3NO3.C15H19ClFNO2.C6H4F2O/c1-2-3-4-11-18(25-21(27)14-7-5-8-15(22)12-14)19(26)13-28-20-16(23)9-6-10-17(20)24;1-2-3-4-8-13(14(19)10-16)18-15(20)11-6-5-7-12(17)9-11;7-4-2-1-3-5(8)6(4)9/h5-10,12,18H,2-4,11,13H2,1H3,(H,25,27);5-7,9,13H,2-4,8,10H2,1H3,(H,18,20);1-3,9H/t18-;13-;/m00./s1. The number of amides is 2. The molecule has 0 unspecified atom stereocenters. The molecule has 0 spiro atoms. The van der Waals surface area contributed by atoms with Crippen molar-refractivity contribution in [1.29, 1.82) is 0 Å². The van der Waals surface area contributed by atoms with Gasteiger partial charge in [-0.15, -0.1) is 11.6 Å². The van der Waals surface area contributed by atoms with Gasteiger partial charge in [0, 0.05) is 11.1 Å². The summed E-state index contributed by atoms with van der Waals surface area (Å²) in [4.78, 5) is 48.6. The Hall–Kier alpha value is -5.37. The molecule has 4 aromatic carbocycles. The zero-order chi connectivity index (χ0) is 42.3. The number of hydrogen-bond acceptors (Lipinski definition) is 6. The SMILES string of the molecule is CCCCC[C@H](NC(=O)c1cccc(F)c1)C(=O)CCl.CCCCC[C@H](NC(=O)c1cccc(F)c1)C(=O)COc1c(F)cccc1F.Oc1c(F)cccc1F. The van der Waals surface area contributed by atoms with E-state index in [1.807, 2.05) is 6.92 Å². The average Bonchev–Trinajstić information content (AvgIpc) is 3.19. The number of Topliss-reactive ketones (excluding diaryl/α,β-unsaturated/α-hetero) is 2. The maximum Gasteiger partial charge on any atom is 0.251 e. The molecule has 0 aliphatic heterocycles. The molecule has 0 bridgehead atoms. The van der Waals surface area contributed by atoms with Crippen LogP contribution in [0.4, 0.5) is 26.3 Å². The molecule has 57 heavy (non-hydrogen) atoms. The van der Waals surface area contributed by atoms with Crippen molar-refractivity contribution in [2.24, 2.45) is 0 Å². The Balaban J connectivity index is 0.000000334.